The highest BCUT2D eigenvalue weighted by molar-refractivity contribution is 6.19. The van der Waals surface area contributed by atoms with Crippen molar-refractivity contribution in [3.8, 4) is 17.6 Å². The molecule has 2 nitrogen and oxygen atoms in total. The number of aryl methyl sites for hydroxylation is 1. The summed E-state index contributed by atoms with van der Waals surface area (Å²) in [6.07, 6.45) is -4.64. The number of hydrogen-bond acceptors (Lipinski definition) is 2. The SMILES string of the molecule is Cc1ccc(OCCOC(F)(F)F)c(C#CCCl)c1. The molecule has 0 unspecified atom stereocenters. The van der Waals surface area contributed by atoms with Gasteiger partial charge in [-0.25, -0.2) is 0 Å². The van der Waals surface area contributed by atoms with Crippen LogP contribution in [-0.2, 0) is 4.74 Å². The van der Waals surface area contributed by atoms with Gasteiger partial charge >= 0.3 is 6.36 Å². The summed E-state index contributed by atoms with van der Waals surface area (Å²) in [6.45, 7) is 1.10. The second kappa shape index (κ2) is 7.27. The third-order valence-electron chi connectivity index (χ3n) is 2.03. The van der Waals surface area contributed by atoms with Gasteiger partial charge in [-0.1, -0.05) is 17.9 Å². The Morgan fingerprint density at radius 2 is 2.00 bits per heavy atom. The fraction of sp³-hybridized carbons (Fsp3) is 0.385. The normalized spacial score (nSPS) is 10.8. The van der Waals surface area contributed by atoms with Crippen molar-refractivity contribution in [2.75, 3.05) is 19.1 Å². The number of benzene rings is 1. The maximum Gasteiger partial charge on any atom is 0.522 e. The van der Waals surface area contributed by atoms with E-state index < -0.39 is 13.0 Å². The van der Waals surface area contributed by atoms with Gasteiger partial charge in [0.05, 0.1) is 18.1 Å². The van der Waals surface area contributed by atoms with Crippen molar-refractivity contribution in [3.05, 3.63) is 29.3 Å². The van der Waals surface area contributed by atoms with Crippen LogP contribution in [-0.4, -0.2) is 25.5 Å². The number of ether oxygens (including phenoxy) is 2. The van der Waals surface area contributed by atoms with E-state index in [-0.39, 0.29) is 12.5 Å². The van der Waals surface area contributed by atoms with Crippen LogP contribution in [0.25, 0.3) is 0 Å². The molecule has 0 heterocycles. The van der Waals surface area contributed by atoms with Gasteiger partial charge in [-0.3, -0.25) is 4.74 Å². The fourth-order valence-corrected chi connectivity index (χ4v) is 1.37. The molecule has 0 atom stereocenters. The van der Waals surface area contributed by atoms with E-state index in [9.17, 15) is 13.2 Å². The molecule has 1 aromatic carbocycles. The third-order valence-corrected chi connectivity index (χ3v) is 2.17. The molecule has 1 aromatic rings. The number of alkyl halides is 4. The first-order valence-corrected chi connectivity index (χ1v) is 5.95. The van der Waals surface area contributed by atoms with E-state index >= 15 is 0 Å². The van der Waals surface area contributed by atoms with E-state index in [1.165, 1.54) is 0 Å². The first-order valence-electron chi connectivity index (χ1n) is 5.41. The molecule has 0 N–H and O–H groups in total. The topological polar surface area (TPSA) is 18.5 Å². The average molecular weight is 293 g/mol. The largest absolute Gasteiger partial charge is 0.522 e. The van der Waals surface area contributed by atoms with Crippen molar-refractivity contribution in [1.29, 1.82) is 0 Å². The molecule has 104 valence electrons. The molecule has 0 radical (unpaired) electrons. The Hall–Kier alpha value is -1.38. The quantitative estimate of drug-likeness (QED) is 0.480. The second-order valence-corrected chi connectivity index (χ2v) is 3.84. The monoisotopic (exact) mass is 292 g/mol. The molecular formula is C13H12ClF3O2. The smallest absolute Gasteiger partial charge is 0.490 e. The van der Waals surface area contributed by atoms with Gasteiger partial charge in [0.25, 0.3) is 0 Å². The molecule has 0 aliphatic rings. The highest BCUT2D eigenvalue weighted by Gasteiger charge is 2.28. The Labute approximate surface area is 114 Å². The molecule has 0 fully saturated rings. The molecular weight excluding hydrogens is 281 g/mol. The summed E-state index contributed by atoms with van der Waals surface area (Å²) in [7, 11) is 0. The summed E-state index contributed by atoms with van der Waals surface area (Å²) < 4.78 is 44.1. The van der Waals surface area contributed by atoms with Crippen molar-refractivity contribution in [2.24, 2.45) is 0 Å². The van der Waals surface area contributed by atoms with E-state index in [0.29, 0.717) is 11.3 Å². The summed E-state index contributed by atoms with van der Waals surface area (Å²) in [6, 6.07) is 5.21. The van der Waals surface area contributed by atoms with Crippen molar-refractivity contribution < 1.29 is 22.6 Å². The molecule has 0 aliphatic heterocycles. The lowest BCUT2D eigenvalue weighted by atomic mass is 10.1. The third kappa shape index (κ3) is 6.37. The van der Waals surface area contributed by atoms with Crippen LogP contribution in [0.3, 0.4) is 0 Å². The first-order chi connectivity index (χ1) is 8.92. The molecule has 6 heteroatoms. The molecule has 0 spiro atoms. The summed E-state index contributed by atoms with van der Waals surface area (Å²) in [5.41, 5.74) is 1.56. The zero-order valence-corrected chi connectivity index (χ0v) is 10.9. The van der Waals surface area contributed by atoms with E-state index in [1.807, 2.05) is 6.92 Å². The molecule has 0 aliphatic carbocycles. The Morgan fingerprint density at radius 1 is 1.26 bits per heavy atom. The maximum atomic E-state index is 11.8. The standard InChI is InChI=1S/C13H12ClF3O2/c1-10-4-5-12(11(9-10)3-2-6-14)18-7-8-19-13(15,16)17/h4-5,9H,6-8H2,1H3. The number of hydrogen-bond donors (Lipinski definition) is 0. The minimum absolute atomic E-state index is 0.171. The molecule has 0 saturated carbocycles. The highest BCUT2D eigenvalue weighted by Crippen LogP contribution is 2.20. The summed E-state index contributed by atoms with van der Waals surface area (Å²) in [5, 5.41) is 0. The second-order valence-electron chi connectivity index (χ2n) is 3.58. The molecule has 0 amide bonds. The van der Waals surface area contributed by atoms with Crippen molar-refractivity contribution in [3.63, 3.8) is 0 Å². The van der Waals surface area contributed by atoms with Crippen molar-refractivity contribution in [1.82, 2.24) is 0 Å². The molecule has 0 saturated heterocycles. The Balaban J connectivity index is 2.62. The Bertz CT molecular complexity index is 475. The number of halogens is 4. The van der Waals surface area contributed by atoms with E-state index in [0.717, 1.165) is 5.56 Å². The minimum atomic E-state index is -4.64. The van der Waals surface area contributed by atoms with Crippen LogP contribution < -0.4 is 4.74 Å². The Kier molecular flexibility index (Phi) is 6.00. The van der Waals surface area contributed by atoms with Gasteiger partial charge < -0.3 is 4.74 Å². The highest BCUT2D eigenvalue weighted by atomic mass is 35.5. The predicted octanol–water partition coefficient (Wildman–Crippen LogP) is 3.50. The minimum Gasteiger partial charge on any atom is -0.490 e. The van der Waals surface area contributed by atoms with Crippen LogP contribution in [0.2, 0.25) is 0 Å². The zero-order chi connectivity index (χ0) is 14.3. The van der Waals surface area contributed by atoms with Crippen LogP contribution in [0.15, 0.2) is 18.2 Å². The lowest BCUT2D eigenvalue weighted by Gasteiger charge is -2.10. The lowest BCUT2D eigenvalue weighted by molar-refractivity contribution is -0.325. The van der Waals surface area contributed by atoms with Gasteiger partial charge in [0, 0.05) is 0 Å². The van der Waals surface area contributed by atoms with Gasteiger partial charge in [0.2, 0.25) is 0 Å². The van der Waals surface area contributed by atoms with Crippen LogP contribution >= 0.6 is 11.6 Å². The van der Waals surface area contributed by atoms with E-state index in [1.54, 1.807) is 18.2 Å². The first kappa shape index (κ1) is 15.7. The fourth-order valence-electron chi connectivity index (χ4n) is 1.31. The van der Waals surface area contributed by atoms with Gasteiger partial charge in [0.1, 0.15) is 12.4 Å². The maximum absolute atomic E-state index is 11.8. The number of rotatable bonds is 4. The summed E-state index contributed by atoms with van der Waals surface area (Å²) >= 11 is 5.46. The van der Waals surface area contributed by atoms with Crippen LogP contribution in [0.4, 0.5) is 13.2 Å². The molecule has 1 rings (SSSR count). The predicted molar refractivity (Wildman–Crippen MR) is 66.3 cm³/mol. The van der Waals surface area contributed by atoms with Crippen LogP contribution in [0, 0.1) is 18.8 Å². The van der Waals surface area contributed by atoms with Crippen LogP contribution in [0.1, 0.15) is 11.1 Å². The van der Waals surface area contributed by atoms with Gasteiger partial charge in [-0.05, 0) is 24.6 Å². The van der Waals surface area contributed by atoms with Crippen LogP contribution in [0.5, 0.6) is 5.75 Å². The van der Waals surface area contributed by atoms with E-state index in [2.05, 4.69) is 16.6 Å². The van der Waals surface area contributed by atoms with Crippen molar-refractivity contribution in [2.45, 2.75) is 13.3 Å². The Morgan fingerprint density at radius 3 is 2.63 bits per heavy atom. The molecule has 0 aromatic heterocycles. The van der Waals surface area contributed by atoms with Crippen molar-refractivity contribution >= 4 is 11.6 Å². The van der Waals surface area contributed by atoms with Gasteiger partial charge in [-0.15, -0.1) is 24.8 Å². The zero-order valence-electron chi connectivity index (χ0n) is 10.2. The summed E-state index contributed by atoms with van der Waals surface area (Å²) in [4.78, 5) is 0. The average Bonchev–Trinajstić information content (AvgIpc) is 2.32. The van der Waals surface area contributed by atoms with E-state index in [4.69, 9.17) is 16.3 Å². The lowest BCUT2D eigenvalue weighted by Crippen LogP contribution is -2.18. The molecule has 0 bridgehead atoms. The molecule has 19 heavy (non-hydrogen) atoms. The van der Waals surface area contributed by atoms with Gasteiger partial charge in [-0.2, -0.15) is 0 Å². The van der Waals surface area contributed by atoms with Gasteiger partial charge in [0.15, 0.2) is 0 Å². The summed E-state index contributed by atoms with van der Waals surface area (Å²) in [5.74, 6) is 6.04.